The molecule has 0 saturated carbocycles. The molecule has 24 heavy (non-hydrogen) atoms. The minimum atomic E-state index is 0.0186. The fraction of sp³-hybridized carbons (Fsp3) is 0.444. The van der Waals surface area contributed by atoms with Gasteiger partial charge in [-0.2, -0.15) is 0 Å². The van der Waals surface area contributed by atoms with Crippen molar-refractivity contribution in [1.29, 1.82) is 0 Å². The summed E-state index contributed by atoms with van der Waals surface area (Å²) in [4.78, 5) is 16.4. The molecule has 1 fully saturated rings. The molecule has 0 bridgehead atoms. The molecule has 1 aromatic carbocycles. The van der Waals surface area contributed by atoms with Crippen LogP contribution >= 0.6 is 11.8 Å². The van der Waals surface area contributed by atoms with Crippen LogP contribution in [0, 0.1) is 13.8 Å². The molecule has 1 aliphatic rings. The predicted octanol–water partition coefficient (Wildman–Crippen LogP) is 2.88. The highest BCUT2D eigenvalue weighted by Crippen LogP contribution is 2.22. The van der Waals surface area contributed by atoms with Crippen LogP contribution in [0.2, 0.25) is 0 Å². The van der Waals surface area contributed by atoms with Crippen LogP contribution in [0.3, 0.4) is 0 Å². The molecule has 6 heteroatoms. The smallest absolute Gasteiger partial charge is 0.230 e. The van der Waals surface area contributed by atoms with Crippen molar-refractivity contribution in [3.05, 3.63) is 41.7 Å². The lowest BCUT2D eigenvalue weighted by Gasteiger charge is -2.11. The van der Waals surface area contributed by atoms with Crippen LogP contribution in [0.1, 0.15) is 24.0 Å². The fourth-order valence-corrected chi connectivity index (χ4v) is 3.49. The first kappa shape index (κ1) is 17.0. The number of carbonyl (C=O) groups is 1. The van der Waals surface area contributed by atoms with E-state index >= 15 is 0 Å². The molecule has 1 amide bonds. The van der Waals surface area contributed by atoms with Gasteiger partial charge in [0.25, 0.3) is 0 Å². The summed E-state index contributed by atoms with van der Waals surface area (Å²) in [6.45, 7) is 5.61. The molecule has 1 aliphatic heterocycles. The molecule has 2 heterocycles. The molecule has 1 aromatic heterocycles. The normalized spacial score (nSPS) is 17.2. The highest BCUT2D eigenvalue weighted by Gasteiger charge is 2.16. The van der Waals surface area contributed by atoms with Crippen LogP contribution in [0.15, 0.2) is 35.7 Å². The van der Waals surface area contributed by atoms with Crippen molar-refractivity contribution in [2.24, 2.45) is 0 Å². The van der Waals surface area contributed by atoms with E-state index < -0.39 is 0 Å². The van der Waals surface area contributed by atoms with Crippen LogP contribution in [0.5, 0.6) is 0 Å². The monoisotopic (exact) mass is 345 g/mol. The summed E-state index contributed by atoms with van der Waals surface area (Å²) in [6.07, 6.45) is 5.99. The van der Waals surface area contributed by atoms with Crippen LogP contribution in [0.25, 0.3) is 5.69 Å². The molecule has 0 radical (unpaired) electrons. The number of aromatic nitrogens is 2. The molecule has 3 rings (SSSR count). The summed E-state index contributed by atoms with van der Waals surface area (Å²) >= 11 is 1.45. The first-order valence-corrected chi connectivity index (χ1v) is 9.24. The SMILES string of the molecule is Cc1ccc(-n2ccnc2SCC(=O)NC[C@H]2CCCO2)cc1C. The Morgan fingerprint density at radius 2 is 2.29 bits per heavy atom. The first-order valence-electron chi connectivity index (χ1n) is 8.25. The second-order valence-corrected chi connectivity index (χ2v) is 7.02. The van der Waals surface area contributed by atoms with Crippen molar-refractivity contribution in [2.45, 2.75) is 37.9 Å². The Balaban J connectivity index is 1.57. The number of amides is 1. The Kier molecular flexibility index (Phi) is 5.58. The number of hydrogen-bond acceptors (Lipinski definition) is 4. The molecule has 2 aromatic rings. The zero-order chi connectivity index (χ0) is 16.9. The second-order valence-electron chi connectivity index (χ2n) is 6.08. The van der Waals surface area contributed by atoms with Gasteiger partial charge in [-0.25, -0.2) is 4.98 Å². The Morgan fingerprint density at radius 1 is 1.42 bits per heavy atom. The quantitative estimate of drug-likeness (QED) is 0.818. The molecule has 1 saturated heterocycles. The number of aryl methyl sites for hydroxylation is 2. The lowest BCUT2D eigenvalue weighted by molar-refractivity contribution is -0.119. The number of thioether (sulfide) groups is 1. The van der Waals surface area contributed by atoms with E-state index in [1.54, 1.807) is 6.20 Å². The van der Waals surface area contributed by atoms with Crippen molar-refractivity contribution in [3.63, 3.8) is 0 Å². The summed E-state index contributed by atoms with van der Waals surface area (Å²) in [6, 6.07) is 6.32. The summed E-state index contributed by atoms with van der Waals surface area (Å²) in [7, 11) is 0. The van der Waals surface area contributed by atoms with Crippen molar-refractivity contribution in [3.8, 4) is 5.69 Å². The average Bonchev–Trinajstić information content (AvgIpc) is 3.25. The highest BCUT2D eigenvalue weighted by atomic mass is 32.2. The van der Waals surface area contributed by atoms with Crippen LogP contribution in [0.4, 0.5) is 0 Å². The van der Waals surface area contributed by atoms with E-state index in [1.165, 1.54) is 22.9 Å². The third-order valence-electron chi connectivity index (χ3n) is 4.26. The van der Waals surface area contributed by atoms with E-state index in [4.69, 9.17) is 4.74 Å². The maximum atomic E-state index is 12.0. The number of rotatable bonds is 6. The number of hydrogen-bond donors (Lipinski definition) is 1. The number of benzene rings is 1. The third kappa shape index (κ3) is 4.19. The Hall–Kier alpha value is -1.79. The summed E-state index contributed by atoms with van der Waals surface area (Å²) in [5, 5.41) is 3.77. The van der Waals surface area contributed by atoms with Crippen LogP contribution in [-0.4, -0.2) is 40.5 Å². The number of nitrogens with zero attached hydrogens (tertiary/aromatic N) is 2. The van der Waals surface area contributed by atoms with Gasteiger partial charge in [0.2, 0.25) is 5.91 Å². The Labute approximate surface area is 146 Å². The van der Waals surface area contributed by atoms with Gasteiger partial charge >= 0.3 is 0 Å². The Bertz CT molecular complexity index is 708. The predicted molar refractivity (Wildman–Crippen MR) is 95.7 cm³/mol. The van der Waals surface area contributed by atoms with Crippen molar-refractivity contribution in [2.75, 3.05) is 18.9 Å². The summed E-state index contributed by atoms with van der Waals surface area (Å²) in [5.74, 6) is 0.374. The van der Waals surface area contributed by atoms with Crippen molar-refractivity contribution >= 4 is 17.7 Å². The molecule has 0 aliphatic carbocycles. The largest absolute Gasteiger partial charge is 0.376 e. The molecule has 5 nitrogen and oxygen atoms in total. The number of carbonyl (C=O) groups excluding carboxylic acids is 1. The molecule has 128 valence electrons. The van der Waals surface area contributed by atoms with E-state index in [-0.39, 0.29) is 12.0 Å². The zero-order valence-electron chi connectivity index (χ0n) is 14.1. The van der Waals surface area contributed by atoms with Gasteiger partial charge in [-0.15, -0.1) is 0 Å². The number of ether oxygens (including phenoxy) is 1. The molecule has 0 spiro atoms. The lowest BCUT2D eigenvalue weighted by Crippen LogP contribution is -2.32. The van der Waals surface area contributed by atoms with Crippen molar-refractivity contribution < 1.29 is 9.53 Å². The standard InChI is InChI=1S/C18H23N3O2S/c1-13-5-6-15(10-14(13)2)21-8-7-19-18(21)24-12-17(22)20-11-16-4-3-9-23-16/h5-8,10,16H,3-4,9,11-12H2,1-2H3,(H,20,22)/t16-/m1/s1. The van der Waals surface area contributed by atoms with E-state index in [0.29, 0.717) is 12.3 Å². The maximum absolute atomic E-state index is 12.0. The van der Waals surface area contributed by atoms with E-state index in [0.717, 1.165) is 30.3 Å². The maximum Gasteiger partial charge on any atom is 0.230 e. The molecule has 0 unspecified atom stereocenters. The number of nitrogens with one attached hydrogen (secondary N) is 1. The topological polar surface area (TPSA) is 56.2 Å². The lowest BCUT2D eigenvalue weighted by atomic mass is 10.1. The minimum Gasteiger partial charge on any atom is -0.376 e. The first-order chi connectivity index (χ1) is 11.6. The molecule has 1 atom stereocenters. The fourth-order valence-electron chi connectivity index (χ4n) is 2.68. The van der Waals surface area contributed by atoms with Gasteiger partial charge < -0.3 is 10.1 Å². The van der Waals surface area contributed by atoms with Gasteiger partial charge in [-0.05, 0) is 49.9 Å². The summed E-state index contributed by atoms with van der Waals surface area (Å²) < 4.78 is 7.53. The minimum absolute atomic E-state index is 0.0186. The van der Waals surface area contributed by atoms with E-state index in [1.807, 2.05) is 10.8 Å². The second kappa shape index (κ2) is 7.85. The van der Waals surface area contributed by atoms with Gasteiger partial charge in [0, 0.05) is 31.2 Å². The van der Waals surface area contributed by atoms with Crippen LogP contribution < -0.4 is 5.32 Å². The van der Waals surface area contributed by atoms with Gasteiger partial charge in [0.1, 0.15) is 0 Å². The van der Waals surface area contributed by atoms with E-state index in [9.17, 15) is 4.79 Å². The van der Waals surface area contributed by atoms with Gasteiger partial charge in [0.05, 0.1) is 11.9 Å². The molecule has 1 N–H and O–H groups in total. The van der Waals surface area contributed by atoms with Gasteiger partial charge in [-0.3, -0.25) is 9.36 Å². The van der Waals surface area contributed by atoms with Crippen LogP contribution in [-0.2, 0) is 9.53 Å². The van der Waals surface area contributed by atoms with E-state index in [2.05, 4.69) is 42.3 Å². The van der Waals surface area contributed by atoms with Gasteiger partial charge in [0.15, 0.2) is 5.16 Å². The molecular weight excluding hydrogens is 322 g/mol. The summed E-state index contributed by atoms with van der Waals surface area (Å²) in [5.41, 5.74) is 3.57. The van der Waals surface area contributed by atoms with Gasteiger partial charge in [-0.1, -0.05) is 17.8 Å². The third-order valence-corrected chi connectivity index (χ3v) is 5.23. The Morgan fingerprint density at radius 3 is 3.04 bits per heavy atom. The molecular formula is C18H23N3O2S. The zero-order valence-corrected chi connectivity index (χ0v) is 14.9. The highest BCUT2D eigenvalue weighted by molar-refractivity contribution is 7.99. The van der Waals surface area contributed by atoms with Crippen molar-refractivity contribution in [1.82, 2.24) is 14.9 Å². The number of imidazole rings is 1. The average molecular weight is 345 g/mol.